The third kappa shape index (κ3) is 5.09. The van der Waals surface area contributed by atoms with Gasteiger partial charge in [0.2, 0.25) is 11.8 Å². The summed E-state index contributed by atoms with van der Waals surface area (Å²) < 4.78 is 10.9. The van der Waals surface area contributed by atoms with Crippen LogP contribution in [0.25, 0.3) is 0 Å². The number of ether oxygens (including phenoxy) is 1. The molecule has 0 saturated carbocycles. The number of aryl methyl sites for hydroxylation is 1. The second-order valence-electron chi connectivity index (χ2n) is 6.05. The number of amides is 1. The molecule has 1 aromatic carbocycles. The first kappa shape index (κ1) is 18.9. The lowest BCUT2D eigenvalue weighted by Gasteiger charge is -2.34. The SMILES string of the molecule is Cc1nnc(CCN2CCN(C(=O)COc3ccc(Cl)cc3Cl)CC2)o1. The van der Waals surface area contributed by atoms with Crippen LogP contribution in [0.3, 0.4) is 0 Å². The molecule has 2 heterocycles. The number of hydrogen-bond donors (Lipinski definition) is 0. The van der Waals surface area contributed by atoms with Gasteiger partial charge in [-0.3, -0.25) is 9.69 Å². The molecule has 0 unspecified atom stereocenters. The minimum atomic E-state index is -0.0526. The number of aromatic nitrogens is 2. The highest BCUT2D eigenvalue weighted by atomic mass is 35.5. The van der Waals surface area contributed by atoms with Crippen molar-refractivity contribution in [2.75, 3.05) is 39.3 Å². The van der Waals surface area contributed by atoms with E-state index in [4.69, 9.17) is 32.4 Å². The number of carbonyl (C=O) groups is 1. The molecule has 1 aromatic heterocycles. The van der Waals surface area contributed by atoms with Crippen molar-refractivity contribution in [3.05, 3.63) is 40.0 Å². The molecule has 0 radical (unpaired) electrons. The summed E-state index contributed by atoms with van der Waals surface area (Å²) in [5.41, 5.74) is 0. The standard InChI is InChI=1S/C17H20Cl2N4O3/c1-12-20-21-16(26-12)4-5-22-6-8-23(9-7-22)17(24)11-25-15-3-2-13(18)10-14(15)19/h2-3,10H,4-9,11H2,1H3. The molecule has 1 aliphatic rings. The van der Waals surface area contributed by atoms with Gasteiger partial charge in [-0.15, -0.1) is 10.2 Å². The maximum absolute atomic E-state index is 12.3. The van der Waals surface area contributed by atoms with E-state index in [2.05, 4.69) is 15.1 Å². The van der Waals surface area contributed by atoms with Crippen molar-refractivity contribution in [2.24, 2.45) is 0 Å². The molecule has 0 atom stereocenters. The lowest BCUT2D eigenvalue weighted by molar-refractivity contribution is -0.135. The van der Waals surface area contributed by atoms with Crippen LogP contribution in [-0.2, 0) is 11.2 Å². The van der Waals surface area contributed by atoms with Crippen LogP contribution in [-0.4, -0.2) is 65.2 Å². The fourth-order valence-corrected chi connectivity index (χ4v) is 3.20. The smallest absolute Gasteiger partial charge is 0.260 e. The summed E-state index contributed by atoms with van der Waals surface area (Å²) in [6, 6.07) is 4.93. The quantitative estimate of drug-likeness (QED) is 0.743. The van der Waals surface area contributed by atoms with Gasteiger partial charge in [-0.25, -0.2) is 0 Å². The molecule has 9 heteroatoms. The van der Waals surface area contributed by atoms with Crippen LogP contribution in [0.5, 0.6) is 5.75 Å². The molecule has 1 amide bonds. The van der Waals surface area contributed by atoms with Gasteiger partial charge < -0.3 is 14.1 Å². The average Bonchev–Trinajstić information content (AvgIpc) is 3.05. The van der Waals surface area contributed by atoms with Crippen LogP contribution in [0.15, 0.2) is 22.6 Å². The van der Waals surface area contributed by atoms with Gasteiger partial charge in [0.1, 0.15) is 5.75 Å². The van der Waals surface area contributed by atoms with Gasteiger partial charge in [0.25, 0.3) is 5.91 Å². The first-order chi connectivity index (χ1) is 12.5. The second kappa shape index (κ2) is 8.70. The van der Waals surface area contributed by atoms with E-state index in [0.29, 0.717) is 47.1 Å². The van der Waals surface area contributed by atoms with Crippen LogP contribution in [0.2, 0.25) is 10.0 Å². The zero-order valence-electron chi connectivity index (χ0n) is 14.5. The van der Waals surface area contributed by atoms with Crippen LogP contribution in [0.4, 0.5) is 0 Å². The second-order valence-corrected chi connectivity index (χ2v) is 6.89. The van der Waals surface area contributed by atoms with Crippen molar-refractivity contribution < 1.29 is 13.9 Å². The molecular formula is C17H20Cl2N4O3. The molecular weight excluding hydrogens is 379 g/mol. The molecule has 0 bridgehead atoms. The van der Waals surface area contributed by atoms with E-state index in [1.807, 2.05) is 0 Å². The molecule has 140 valence electrons. The molecule has 0 spiro atoms. The minimum absolute atomic E-state index is 0.0391. The van der Waals surface area contributed by atoms with Gasteiger partial charge in [-0.1, -0.05) is 23.2 Å². The maximum atomic E-state index is 12.3. The Balaban J connectivity index is 1.40. The molecule has 1 fully saturated rings. The van der Waals surface area contributed by atoms with Crippen molar-refractivity contribution >= 4 is 29.1 Å². The minimum Gasteiger partial charge on any atom is -0.482 e. The zero-order chi connectivity index (χ0) is 18.5. The normalized spacial score (nSPS) is 15.3. The maximum Gasteiger partial charge on any atom is 0.260 e. The fraction of sp³-hybridized carbons (Fsp3) is 0.471. The molecule has 0 aliphatic carbocycles. The van der Waals surface area contributed by atoms with Crippen molar-refractivity contribution in [1.82, 2.24) is 20.0 Å². The fourth-order valence-electron chi connectivity index (χ4n) is 2.74. The summed E-state index contributed by atoms with van der Waals surface area (Å²) in [6.45, 7) is 5.52. The monoisotopic (exact) mass is 398 g/mol. The number of carbonyl (C=O) groups excluding carboxylic acids is 1. The number of nitrogens with zero attached hydrogens (tertiary/aromatic N) is 4. The van der Waals surface area contributed by atoms with Gasteiger partial charge in [-0.05, 0) is 18.2 Å². The Bertz CT molecular complexity index is 760. The number of benzene rings is 1. The lowest BCUT2D eigenvalue weighted by Crippen LogP contribution is -2.50. The highest BCUT2D eigenvalue weighted by Crippen LogP contribution is 2.27. The van der Waals surface area contributed by atoms with Crippen LogP contribution >= 0.6 is 23.2 Å². The summed E-state index contributed by atoms with van der Waals surface area (Å²) in [5, 5.41) is 8.74. The van der Waals surface area contributed by atoms with Gasteiger partial charge >= 0.3 is 0 Å². The molecule has 2 aromatic rings. The van der Waals surface area contributed by atoms with Gasteiger partial charge in [-0.2, -0.15) is 0 Å². The third-order valence-corrected chi connectivity index (χ3v) is 4.71. The van der Waals surface area contributed by atoms with E-state index in [9.17, 15) is 4.79 Å². The highest BCUT2D eigenvalue weighted by Gasteiger charge is 2.22. The molecule has 0 N–H and O–H groups in total. The van der Waals surface area contributed by atoms with E-state index in [1.54, 1.807) is 30.0 Å². The van der Waals surface area contributed by atoms with Crippen LogP contribution in [0.1, 0.15) is 11.8 Å². The van der Waals surface area contributed by atoms with Crippen molar-refractivity contribution in [1.29, 1.82) is 0 Å². The Morgan fingerprint density at radius 2 is 2.00 bits per heavy atom. The predicted molar refractivity (Wildman–Crippen MR) is 97.7 cm³/mol. The zero-order valence-corrected chi connectivity index (χ0v) is 16.0. The molecule has 26 heavy (non-hydrogen) atoms. The van der Waals surface area contributed by atoms with Gasteiger partial charge in [0.15, 0.2) is 6.61 Å². The van der Waals surface area contributed by atoms with Crippen LogP contribution in [0, 0.1) is 6.92 Å². The third-order valence-electron chi connectivity index (χ3n) is 4.18. The van der Waals surface area contributed by atoms with E-state index in [1.165, 1.54) is 0 Å². The summed E-state index contributed by atoms with van der Waals surface area (Å²) in [7, 11) is 0. The predicted octanol–water partition coefficient (Wildman–Crippen LogP) is 2.45. The van der Waals surface area contributed by atoms with Gasteiger partial charge in [0, 0.05) is 51.1 Å². The number of rotatable bonds is 6. The Morgan fingerprint density at radius 1 is 1.23 bits per heavy atom. The summed E-state index contributed by atoms with van der Waals surface area (Å²) in [5.74, 6) is 1.63. The average molecular weight is 399 g/mol. The Kier molecular flexibility index (Phi) is 6.34. The lowest BCUT2D eigenvalue weighted by atomic mass is 10.3. The summed E-state index contributed by atoms with van der Waals surface area (Å²) in [6.07, 6.45) is 0.715. The van der Waals surface area contributed by atoms with Gasteiger partial charge in [0.05, 0.1) is 5.02 Å². The summed E-state index contributed by atoms with van der Waals surface area (Å²) in [4.78, 5) is 16.4. The Morgan fingerprint density at radius 3 is 2.65 bits per heavy atom. The topological polar surface area (TPSA) is 71.7 Å². The largest absolute Gasteiger partial charge is 0.482 e. The van der Waals surface area contributed by atoms with Crippen LogP contribution < -0.4 is 4.74 Å². The van der Waals surface area contributed by atoms with E-state index < -0.39 is 0 Å². The first-order valence-corrected chi connectivity index (χ1v) is 9.14. The molecule has 1 saturated heterocycles. The van der Waals surface area contributed by atoms with Crippen molar-refractivity contribution in [3.63, 3.8) is 0 Å². The van der Waals surface area contributed by atoms with E-state index >= 15 is 0 Å². The Labute approximate surface area is 161 Å². The highest BCUT2D eigenvalue weighted by molar-refractivity contribution is 6.35. The number of piperazine rings is 1. The molecule has 3 rings (SSSR count). The number of hydrogen-bond acceptors (Lipinski definition) is 6. The Hall–Kier alpha value is -1.83. The first-order valence-electron chi connectivity index (χ1n) is 8.38. The van der Waals surface area contributed by atoms with Crippen molar-refractivity contribution in [2.45, 2.75) is 13.3 Å². The van der Waals surface area contributed by atoms with Crippen molar-refractivity contribution in [3.8, 4) is 5.75 Å². The van der Waals surface area contributed by atoms with E-state index in [0.717, 1.165) is 19.6 Å². The summed E-state index contributed by atoms with van der Waals surface area (Å²) >= 11 is 11.9. The van der Waals surface area contributed by atoms with E-state index in [-0.39, 0.29) is 12.5 Å². The molecule has 1 aliphatic heterocycles. The molecule has 7 nitrogen and oxygen atoms in total. The number of halogens is 2.